The van der Waals surface area contributed by atoms with Gasteiger partial charge in [-0.2, -0.15) is 0 Å². The largest absolute Gasteiger partial charge is 0.377 e. The summed E-state index contributed by atoms with van der Waals surface area (Å²) in [6.45, 7) is 7.48. The van der Waals surface area contributed by atoms with Gasteiger partial charge in [-0.05, 0) is 42.0 Å². The smallest absolute Gasteiger partial charge is 0.0719 e. The van der Waals surface area contributed by atoms with Crippen molar-refractivity contribution in [1.82, 2.24) is 5.32 Å². The molecule has 0 aliphatic carbocycles. The van der Waals surface area contributed by atoms with E-state index in [1.165, 1.54) is 21.6 Å². The van der Waals surface area contributed by atoms with Crippen LogP contribution in [0.4, 0.5) is 0 Å². The van der Waals surface area contributed by atoms with Crippen molar-refractivity contribution in [2.24, 2.45) is 0 Å². The lowest BCUT2D eigenvalue weighted by Gasteiger charge is -2.10. The van der Waals surface area contributed by atoms with Gasteiger partial charge < -0.3 is 10.1 Å². The first-order chi connectivity index (χ1) is 9.31. The molecule has 2 aromatic rings. The highest BCUT2D eigenvalue weighted by atomic mass is 32.1. The Morgan fingerprint density at radius 1 is 1.11 bits per heavy atom. The molecule has 0 bridgehead atoms. The zero-order valence-electron chi connectivity index (χ0n) is 11.6. The minimum atomic E-state index is 0.701. The molecule has 0 atom stereocenters. The zero-order valence-corrected chi connectivity index (χ0v) is 12.4. The first-order valence-corrected chi connectivity index (χ1v) is 7.57. The third-order valence-electron chi connectivity index (χ3n) is 3.15. The van der Waals surface area contributed by atoms with Crippen LogP contribution in [0.5, 0.6) is 0 Å². The highest BCUT2D eigenvalue weighted by molar-refractivity contribution is 7.10. The molecule has 0 spiro atoms. The van der Waals surface area contributed by atoms with Crippen molar-refractivity contribution in [3.05, 3.63) is 57.3 Å². The molecule has 1 heterocycles. The summed E-state index contributed by atoms with van der Waals surface area (Å²) in [5.74, 6) is 0. The lowest BCUT2D eigenvalue weighted by atomic mass is 10.1. The third kappa shape index (κ3) is 4.16. The van der Waals surface area contributed by atoms with Crippen LogP contribution in [-0.4, -0.2) is 6.61 Å². The Hall–Kier alpha value is -1.16. The van der Waals surface area contributed by atoms with Crippen LogP contribution in [0.25, 0.3) is 0 Å². The van der Waals surface area contributed by atoms with E-state index in [0.29, 0.717) is 6.61 Å². The summed E-state index contributed by atoms with van der Waals surface area (Å²) in [6.07, 6.45) is 0. The number of thiophene rings is 1. The molecule has 0 saturated carbocycles. The molecule has 0 aliphatic heterocycles. The van der Waals surface area contributed by atoms with Crippen molar-refractivity contribution in [2.75, 3.05) is 6.61 Å². The molecule has 3 heteroatoms. The third-order valence-corrected chi connectivity index (χ3v) is 4.17. The van der Waals surface area contributed by atoms with Crippen molar-refractivity contribution >= 4 is 11.3 Å². The van der Waals surface area contributed by atoms with Gasteiger partial charge in [0.25, 0.3) is 0 Å². The molecular formula is C16H21NOS. The number of benzene rings is 1. The average molecular weight is 275 g/mol. The molecule has 2 nitrogen and oxygen atoms in total. The van der Waals surface area contributed by atoms with Gasteiger partial charge in [0.15, 0.2) is 0 Å². The van der Waals surface area contributed by atoms with Crippen LogP contribution in [0.2, 0.25) is 0 Å². The maximum atomic E-state index is 5.51. The molecular weight excluding hydrogens is 254 g/mol. The normalized spacial score (nSPS) is 10.8. The minimum absolute atomic E-state index is 0.701. The van der Waals surface area contributed by atoms with E-state index in [2.05, 4.69) is 48.0 Å². The maximum Gasteiger partial charge on any atom is 0.0719 e. The Morgan fingerprint density at radius 2 is 1.89 bits per heavy atom. The Bertz CT molecular complexity index is 507. The highest BCUT2D eigenvalue weighted by Gasteiger charge is 2.03. The SMILES string of the molecule is CCOCc1ccccc1CNCc1sccc1C. The van der Waals surface area contributed by atoms with Gasteiger partial charge in [0.2, 0.25) is 0 Å². The number of aryl methyl sites for hydroxylation is 1. The molecule has 0 amide bonds. The van der Waals surface area contributed by atoms with Crippen LogP contribution < -0.4 is 5.32 Å². The molecule has 0 saturated heterocycles. The van der Waals surface area contributed by atoms with E-state index in [1.54, 1.807) is 0 Å². The number of rotatable bonds is 7. The number of nitrogens with one attached hydrogen (secondary N) is 1. The average Bonchev–Trinajstić information content (AvgIpc) is 2.83. The summed E-state index contributed by atoms with van der Waals surface area (Å²) in [5.41, 5.74) is 3.98. The molecule has 19 heavy (non-hydrogen) atoms. The van der Waals surface area contributed by atoms with Gasteiger partial charge in [-0.15, -0.1) is 11.3 Å². The monoisotopic (exact) mass is 275 g/mol. The van der Waals surface area contributed by atoms with Crippen molar-refractivity contribution < 1.29 is 4.74 Å². The number of ether oxygens (including phenoxy) is 1. The maximum absolute atomic E-state index is 5.51. The Kier molecular flexibility index (Phi) is 5.58. The summed E-state index contributed by atoms with van der Waals surface area (Å²) >= 11 is 1.82. The summed E-state index contributed by atoms with van der Waals surface area (Å²) < 4.78 is 5.51. The minimum Gasteiger partial charge on any atom is -0.377 e. The molecule has 1 aromatic carbocycles. The summed E-state index contributed by atoms with van der Waals surface area (Å²) in [7, 11) is 0. The van der Waals surface area contributed by atoms with Gasteiger partial charge in [0.05, 0.1) is 6.61 Å². The standard InChI is InChI=1S/C16H21NOS/c1-3-18-12-15-7-5-4-6-14(15)10-17-11-16-13(2)8-9-19-16/h4-9,17H,3,10-12H2,1-2H3. The first-order valence-electron chi connectivity index (χ1n) is 6.69. The topological polar surface area (TPSA) is 21.3 Å². The van der Waals surface area contributed by atoms with Crippen LogP contribution in [0.15, 0.2) is 35.7 Å². The predicted molar refractivity (Wildman–Crippen MR) is 81.4 cm³/mol. The van der Waals surface area contributed by atoms with E-state index >= 15 is 0 Å². The number of hydrogen-bond acceptors (Lipinski definition) is 3. The quantitative estimate of drug-likeness (QED) is 0.828. The Balaban J connectivity index is 1.90. The lowest BCUT2D eigenvalue weighted by Crippen LogP contribution is -2.14. The molecule has 0 radical (unpaired) electrons. The highest BCUT2D eigenvalue weighted by Crippen LogP contribution is 2.16. The van der Waals surface area contributed by atoms with Gasteiger partial charge in [-0.3, -0.25) is 0 Å². The lowest BCUT2D eigenvalue weighted by molar-refractivity contribution is 0.133. The fraction of sp³-hybridized carbons (Fsp3) is 0.375. The molecule has 0 aliphatic rings. The second-order valence-electron chi connectivity index (χ2n) is 4.54. The summed E-state index contributed by atoms with van der Waals surface area (Å²) in [6, 6.07) is 10.6. The first kappa shape index (κ1) is 14.3. The second kappa shape index (κ2) is 7.43. The van der Waals surface area contributed by atoms with E-state index in [4.69, 9.17) is 4.74 Å². The molecule has 1 N–H and O–H groups in total. The van der Waals surface area contributed by atoms with Gasteiger partial charge in [0, 0.05) is 24.6 Å². The van der Waals surface area contributed by atoms with Crippen LogP contribution >= 0.6 is 11.3 Å². The fourth-order valence-electron chi connectivity index (χ4n) is 1.98. The molecule has 102 valence electrons. The molecule has 2 rings (SSSR count). The zero-order chi connectivity index (χ0) is 13.5. The second-order valence-corrected chi connectivity index (χ2v) is 5.54. The van der Waals surface area contributed by atoms with Gasteiger partial charge in [0.1, 0.15) is 0 Å². The van der Waals surface area contributed by atoms with E-state index in [0.717, 1.165) is 19.7 Å². The van der Waals surface area contributed by atoms with Gasteiger partial charge in [-0.25, -0.2) is 0 Å². The van der Waals surface area contributed by atoms with Crippen LogP contribution in [-0.2, 0) is 24.4 Å². The Morgan fingerprint density at radius 3 is 2.58 bits per heavy atom. The van der Waals surface area contributed by atoms with Crippen LogP contribution in [0, 0.1) is 6.92 Å². The van der Waals surface area contributed by atoms with Crippen molar-refractivity contribution in [2.45, 2.75) is 33.5 Å². The fourth-order valence-corrected chi connectivity index (χ4v) is 2.85. The Labute approximate surface area is 119 Å². The van der Waals surface area contributed by atoms with E-state index in [9.17, 15) is 0 Å². The molecule has 0 unspecified atom stereocenters. The molecule has 1 aromatic heterocycles. The predicted octanol–water partition coefficient (Wildman–Crippen LogP) is 3.88. The van der Waals surface area contributed by atoms with E-state index < -0.39 is 0 Å². The van der Waals surface area contributed by atoms with Crippen LogP contribution in [0.1, 0.15) is 28.5 Å². The molecule has 0 fully saturated rings. The van der Waals surface area contributed by atoms with Gasteiger partial charge >= 0.3 is 0 Å². The van der Waals surface area contributed by atoms with E-state index in [1.807, 2.05) is 18.3 Å². The van der Waals surface area contributed by atoms with Crippen molar-refractivity contribution in [1.29, 1.82) is 0 Å². The van der Waals surface area contributed by atoms with E-state index in [-0.39, 0.29) is 0 Å². The van der Waals surface area contributed by atoms with Crippen molar-refractivity contribution in [3.63, 3.8) is 0 Å². The summed E-state index contributed by atoms with van der Waals surface area (Å²) in [5, 5.41) is 5.66. The van der Waals surface area contributed by atoms with Crippen molar-refractivity contribution in [3.8, 4) is 0 Å². The number of hydrogen-bond donors (Lipinski definition) is 1. The van der Waals surface area contributed by atoms with Gasteiger partial charge in [-0.1, -0.05) is 24.3 Å². The van der Waals surface area contributed by atoms with Crippen LogP contribution in [0.3, 0.4) is 0 Å². The summed E-state index contributed by atoms with van der Waals surface area (Å²) in [4.78, 5) is 1.42.